The first-order valence-corrected chi connectivity index (χ1v) is 8.49. The van der Waals surface area contributed by atoms with Crippen LogP contribution in [0, 0.1) is 5.41 Å². The highest BCUT2D eigenvalue weighted by Gasteiger charge is 2.45. The monoisotopic (exact) mass is 280 g/mol. The number of rotatable bonds is 3. The molecule has 118 valence electrons. The molecular formula is C18H36N2. The molecule has 0 spiro atoms. The first kappa shape index (κ1) is 17.7. The second kappa shape index (κ2) is 7.09. The molecule has 0 aliphatic carbocycles. The van der Waals surface area contributed by atoms with Gasteiger partial charge in [-0.2, -0.15) is 0 Å². The van der Waals surface area contributed by atoms with Gasteiger partial charge in [-0.05, 0) is 18.3 Å². The van der Waals surface area contributed by atoms with E-state index in [9.17, 15) is 0 Å². The standard InChI is InChI=1S/C16H30N2.C2H6/c1-6-7-16-10-14(2)11-18(16)9-8-17(13-16)12-15(3,4)5;1-2/h2,6-13H2,1,3-5H3;1-2H3. The van der Waals surface area contributed by atoms with Gasteiger partial charge in [-0.1, -0.05) is 60.1 Å². The van der Waals surface area contributed by atoms with Crippen LogP contribution in [0.3, 0.4) is 0 Å². The molecule has 2 heteroatoms. The molecule has 20 heavy (non-hydrogen) atoms. The third-order valence-corrected chi connectivity index (χ3v) is 4.28. The maximum Gasteiger partial charge on any atom is 0.0377 e. The Kier molecular flexibility index (Phi) is 6.27. The quantitative estimate of drug-likeness (QED) is 0.716. The van der Waals surface area contributed by atoms with E-state index in [1.165, 1.54) is 51.0 Å². The van der Waals surface area contributed by atoms with Crippen LogP contribution in [-0.2, 0) is 0 Å². The van der Waals surface area contributed by atoms with Crippen LogP contribution < -0.4 is 0 Å². The SMILES string of the molecule is C=C1CN2CCN(CC(C)(C)C)CC2(CCC)C1.CC. The molecule has 0 aromatic heterocycles. The zero-order valence-corrected chi connectivity index (χ0v) is 14.8. The van der Waals surface area contributed by atoms with Crippen LogP contribution >= 0.6 is 0 Å². The van der Waals surface area contributed by atoms with Crippen LogP contribution in [0.4, 0.5) is 0 Å². The predicted octanol–water partition coefficient (Wildman–Crippen LogP) is 4.18. The second-order valence-corrected chi connectivity index (χ2v) is 7.59. The van der Waals surface area contributed by atoms with Crippen LogP contribution in [0.5, 0.6) is 0 Å². The zero-order chi connectivity index (χ0) is 15.4. The van der Waals surface area contributed by atoms with E-state index in [0.29, 0.717) is 11.0 Å². The average molecular weight is 280 g/mol. The third-order valence-electron chi connectivity index (χ3n) is 4.28. The molecule has 0 N–H and O–H groups in total. The molecule has 1 atom stereocenters. The number of piperazine rings is 1. The Bertz CT molecular complexity index is 316. The van der Waals surface area contributed by atoms with Crippen LogP contribution in [-0.4, -0.2) is 48.1 Å². The van der Waals surface area contributed by atoms with Crippen molar-refractivity contribution in [3.63, 3.8) is 0 Å². The van der Waals surface area contributed by atoms with Gasteiger partial charge in [0.1, 0.15) is 0 Å². The molecule has 2 rings (SSSR count). The lowest BCUT2D eigenvalue weighted by Crippen LogP contribution is -2.60. The van der Waals surface area contributed by atoms with E-state index in [4.69, 9.17) is 0 Å². The molecule has 0 amide bonds. The van der Waals surface area contributed by atoms with Gasteiger partial charge in [-0.3, -0.25) is 9.80 Å². The topological polar surface area (TPSA) is 6.48 Å². The van der Waals surface area contributed by atoms with Crippen LogP contribution in [0.15, 0.2) is 12.2 Å². The lowest BCUT2D eigenvalue weighted by molar-refractivity contribution is 0.00788. The van der Waals surface area contributed by atoms with E-state index < -0.39 is 0 Å². The predicted molar refractivity (Wildman–Crippen MR) is 90.2 cm³/mol. The fraction of sp³-hybridized carbons (Fsp3) is 0.889. The fourth-order valence-electron chi connectivity index (χ4n) is 3.90. The normalized spacial score (nSPS) is 28.0. The lowest BCUT2D eigenvalue weighted by Gasteiger charge is -2.48. The van der Waals surface area contributed by atoms with Gasteiger partial charge in [0.15, 0.2) is 0 Å². The van der Waals surface area contributed by atoms with Gasteiger partial charge >= 0.3 is 0 Å². The Labute approximate surface area is 127 Å². The third kappa shape index (κ3) is 4.33. The van der Waals surface area contributed by atoms with E-state index in [-0.39, 0.29) is 0 Å². The molecule has 2 aliphatic rings. The molecule has 2 saturated heterocycles. The summed E-state index contributed by atoms with van der Waals surface area (Å²) < 4.78 is 0. The Morgan fingerprint density at radius 1 is 1.20 bits per heavy atom. The van der Waals surface area contributed by atoms with Gasteiger partial charge in [0.2, 0.25) is 0 Å². The summed E-state index contributed by atoms with van der Waals surface area (Å²) in [5, 5.41) is 0. The van der Waals surface area contributed by atoms with Gasteiger partial charge in [-0.25, -0.2) is 0 Å². The van der Waals surface area contributed by atoms with E-state index in [2.05, 4.69) is 44.1 Å². The summed E-state index contributed by atoms with van der Waals surface area (Å²) in [6.45, 7) is 23.7. The summed E-state index contributed by atoms with van der Waals surface area (Å²) in [4.78, 5) is 5.39. The van der Waals surface area contributed by atoms with Crippen LogP contribution in [0.25, 0.3) is 0 Å². The minimum absolute atomic E-state index is 0.408. The summed E-state index contributed by atoms with van der Waals surface area (Å²) in [6.07, 6.45) is 3.83. The molecule has 0 bridgehead atoms. The van der Waals surface area contributed by atoms with Gasteiger partial charge in [0.25, 0.3) is 0 Å². The van der Waals surface area contributed by atoms with Crippen molar-refractivity contribution in [3.05, 3.63) is 12.2 Å². The van der Waals surface area contributed by atoms with Crippen LogP contribution in [0.1, 0.15) is 60.8 Å². The molecule has 2 fully saturated rings. The molecule has 2 aliphatic heterocycles. The van der Waals surface area contributed by atoms with E-state index in [1.54, 1.807) is 0 Å². The molecule has 0 aromatic carbocycles. The molecular weight excluding hydrogens is 244 g/mol. The number of hydrogen-bond donors (Lipinski definition) is 0. The number of hydrogen-bond acceptors (Lipinski definition) is 2. The Morgan fingerprint density at radius 3 is 2.40 bits per heavy atom. The van der Waals surface area contributed by atoms with Crippen LogP contribution in [0.2, 0.25) is 0 Å². The van der Waals surface area contributed by atoms with Gasteiger partial charge < -0.3 is 0 Å². The summed E-state index contributed by atoms with van der Waals surface area (Å²) in [6, 6.07) is 0. The minimum Gasteiger partial charge on any atom is -0.300 e. The minimum atomic E-state index is 0.408. The van der Waals surface area contributed by atoms with Gasteiger partial charge in [-0.15, -0.1) is 0 Å². The van der Waals surface area contributed by atoms with E-state index >= 15 is 0 Å². The Hall–Kier alpha value is -0.340. The highest BCUT2D eigenvalue weighted by atomic mass is 15.3. The fourth-order valence-corrected chi connectivity index (χ4v) is 3.90. The van der Waals surface area contributed by atoms with Crippen molar-refractivity contribution in [3.8, 4) is 0 Å². The number of nitrogens with zero attached hydrogens (tertiary/aromatic N) is 2. The van der Waals surface area contributed by atoms with Crippen molar-refractivity contribution in [2.75, 3.05) is 32.7 Å². The van der Waals surface area contributed by atoms with Crippen molar-refractivity contribution in [1.82, 2.24) is 9.80 Å². The highest BCUT2D eigenvalue weighted by Crippen LogP contribution is 2.39. The molecule has 1 unspecified atom stereocenters. The maximum atomic E-state index is 4.25. The van der Waals surface area contributed by atoms with Gasteiger partial charge in [0.05, 0.1) is 0 Å². The molecule has 2 nitrogen and oxygen atoms in total. The van der Waals surface area contributed by atoms with Crippen molar-refractivity contribution in [2.45, 2.75) is 66.3 Å². The smallest absolute Gasteiger partial charge is 0.0377 e. The van der Waals surface area contributed by atoms with E-state index in [1.807, 2.05) is 13.8 Å². The molecule has 0 radical (unpaired) electrons. The maximum absolute atomic E-state index is 4.25. The molecule has 0 saturated carbocycles. The second-order valence-electron chi connectivity index (χ2n) is 7.59. The van der Waals surface area contributed by atoms with E-state index in [0.717, 1.165) is 6.54 Å². The molecule has 2 heterocycles. The largest absolute Gasteiger partial charge is 0.300 e. The lowest BCUT2D eigenvalue weighted by atomic mass is 9.86. The van der Waals surface area contributed by atoms with Crippen molar-refractivity contribution in [1.29, 1.82) is 0 Å². The Morgan fingerprint density at radius 2 is 1.85 bits per heavy atom. The average Bonchev–Trinajstić information content (AvgIpc) is 2.65. The number of fused-ring (bicyclic) bond motifs is 1. The highest BCUT2D eigenvalue weighted by molar-refractivity contribution is 5.17. The van der Waals surface area contributed by atoms with Crippen molar-refractivity contribution in [2.24, 2.45) is 5.41 Å². The zero-order valence-electron chi connectivity index (χ0n) is 14.8. The van der Waals surface area contributed by atoms with Crippen molar-refractivity contribution >= 4 is 0 Å². The van der Waals surface area contributed by atoms with Crippen molar-refractivity contribution < 1.29 is 0 Å². The molecule has 0 aromatic rings. The van der Waals surface area contributed by atoms with Gasteiger partial charge in [0, 0.05) is 38.3 Å². The first-order chi connectivity index (χ1) is 9.35. The summed E-state index contributed by atoms with van der Waals surface area (Å²) >= 11 is 0. The summed E-state index contributed by atoms with van der Waals surface area (Å²) in [5.74, 6) is 0. The summed E-state index contributed by atoms with van der Waals surface area (Å²) in [7, 11) is 0. The first-order valence-electron chi connectivity index (χ1n) is 8.49. The summed E-state index contributed by atoms with van der Waals surface area (Å²) in [5.41, 5.74) is 2.27. The Balaban J connectivity index is 0.000000956.